The van der Waals surface area contributed by atoms with Gasteiger partial charge in [0.15, 0.2) is 0 Å². The summed E-state index contributed by atoms with van der Waals surface area (Å²) in [6.45, 7) is 2.02. The normalized spacial score (nSPS) is 10.2. The zero-order valence-corrected chi connectivity index (χ0v) is 13.9. The van der Waals surface area contributed by atoms with E-state index < -0.39 is 0 Å². The van der Waals surface area contributed by atoms with Crippen LogP contribution in [0.4, 0.5) is 5.69 Å². The summed E-state index contributed by atoms with van der Waals surface area (Å²) in [6, 6.07) is 12.9. The molecule has 0 fully saturated rings. The molecule has 120 valence electrons. The van der Waals surface area contributed by atoms with Gasteiger partial charge in [0, 0.05) is 19.0 Å². The van der Waals surface area contributed by atoms with Gasteiger partial charge >= 0.3 is 0 Å². The van der Waals surface area contributed by atoms with Crippen molar-refractivity contribution < 1.29 is 9.59 Å². The van der Waals surface area contributed by atoms with Crippen molar-refractivity contribution in [1.29, 1.82) is 0 Å². The van der Waals surface area contributed by atoms with E-state index in [2.05, 4.69) is 16.7 Å². The van der Waals surface area contributed by atoms with Gasteiger partial charge in [-0.3, -0.25) is 9.59 Å². The molecule has 4 nitrogen and oxygen atoms in total. The maximum atomic E-state index is 12.1. The number of rotatable bonds is 5. The van der Waals surface area contributed by atoms with E-state index in [1.165, 1.54) is 5.56 Å². The minimum atomic E-state index is -0.225. The van der Waals surface area contributed by atoms with Crippen molar-refractivity contribution in [2.24, 2.45) is 0 Å². The smallest absolute Gasteiger partial charge is 0.251 e. The van der Waals surface area contributed by atoms with Crippen LogP contribution in [0.5, 0.6) is 0 Å². The van der Waals surface area contributed by atoms with Crippen LogP contribution >= 0.6 is 11.6 Å². The number of halogens is 1. The number of carbonyl (C=O) groups is 2. The van der Waals surface area contributed by atoms with Gasteiger partial charge in [-0.15, -0.1) is 0 Å². The Labute approximate surface area is 140 Å². The first-order chi connectivity index (χ1) is 11.0. The first kappa shape index (κ1) is 17.0. The van der Waals surface area contributed by atoms with Gasteiger partial charge in [0.25, 0.3) is 5.91 Å². The summed E-state index contributed by atoms with van der Waals surface area (Å²) >= 11 is 6.08. The maximum absolute atomic E-state index is 12.1. The van der Waals surface area contributed by atoms with Crippen LogP contribution in [0.15, 0.2) is 42.5 Å². The summed E-state index contributed by atoms with van der Waals surface area (Å²) in [5.74, 6) is -0.362. The van der Waals surface area contributed by atoms with Gasteiger partial charge in [0.05, 0.1) is 10.7 Å². The van der Waals surface area contributed by atoms with Crippen LogP contribution in [-0.4, -0.2) is 18.9 Å². The largest absolute Gasteiger partial charge is 0.355 e. The standard InChI is InChI=1S/C18H19ClN2O2/c1-12-4-3-5-13(10-12)6-9-17(22)21-16-11-14(18(23)20-2)7-8-15(16)19/h3-5,7-8,10-11H,6,9H2,1-2H3,(H,20,23)(H,21,22). The van der Waals surface area contributed by atoms with Crippen LogP contribution in [0.3, 0.4) is 0 Å². The van der Waals surface area contributed by atoms with E-state index in [0.717, 1.165) is 5.56 Å². The summed E-state index contributed by atoms with van der Waals surface area (Å²) < 4.78 is 0. The highest BCUT2D eigenvalue weighted by Crippen LogP contribution is 2.23. The number of hydrogen-bond donors (Lipinski definition) is 2. The number of benzene rings is 2. The lowest BCUT2D eigenvalue weighted by Gasteiger charge is -2.09. The molecule has 2 rings (SSSR count). The van der Waals surface area contributed by atoms with Gasteiger partial charge in [-0.25, -0.2) is 0 Å². The molecular weight excluding hydrogens is 312 g/mol. The third-order valence-corrected chi connectivity index (χ3v) is 3.78. The minimum absolute atomic E-state index is 0.137. The van der Waals surface area contributed by atoms with Crippen LogP contribution in [0.2, 0.25) is 5.02 Å². The number of amides is 2. The Hall–Kier alpha value is -2.33. The third kappa shape index (κ3) is 4.83. The molecule has 0 saturated carbocycles. The lowest BCUT2D eigenvalue weighted by molar-refractivity contribution is -0.116. The molecule has 0 unspecified atom stereocenters. The molecule has 0 spiro atoms. The third-order valence-electron chi connectivity index (χ3n) is 3.45. The zero-order chi connectivity index (χ0) is 16.8. The van der Waals surface area contributed by atoms with E-state index in [0.29, 0.717) is 29.1 Å². The van der Waals surface area contributed by atoms with Gasteiger partial charge in [0.2, 0.25) is 5.91 Å². The first-order valence-electron chi connectivity index (χ1n) is 7.36. The highest BCUT2D eigenvalue weighted by Gasteiger charge is 2.10. The van der Waals surface area contributed by atoms with E-state index in [-0.39, 0.29) is 11.8 Å². The molecule has 0 aliphatic heterocycles. The number of carbonyl (C=O) groups excluding carboxylic acids is 2. The van der Waals surface area contributed by atoms with Gasteiger partial charge in [0.1, 0.15) is 0 Å². The minimum Gasteiger partial charge on any atom is -0.355 e. The van der Waals surface area contributed by atoms with E-state index in [1.54, 1.807) is 25.2 Å². The van der Waals surface area contributed by atoms with E-state index in [4.69, 9.17) is 11.6 Å². The highest BCUT2D eigenvalue weighted by molar-refractivity contribution is 6.33. The number of hydrogen-bond acceptors (Lipinski definition) is 2. The van der Waals surface area contributed by atoms with E-state index >= 15 is 0 Å². The molecule has 2 aromatic carbocycles. The number of anilines is 1. The van der Waals surface area contributed by atoms with Crippen molar-refractivity contribution in [1.82, 2.24) is 5.32 Å². The Kier molecular flexibility index (Phi) is 5.77. The Morgan fingerprint density at radius 3 is 2.61 bits per heavy atom. The van der Waals surface area contributed by atoms with Crippen LogP contribution in [0, 0.1) is 6.92 Å². The SMILES string of the molecule is CNC(=O)c1ccc(Cl)c(NC(=O)CCc2cccc(C)c2)c1. The fraction of sp³-hybridized carbons (Fsp3) is 0.222. The average molecular weight is 331 g/mol. The van der Waals surface area contributed by atoms with Gasteiger partial charge in [-0.05, 0) is 37.1 Å². The van der Waals surface area contributed by atoms with Gasteiger partial charge in [-0.1, -0.05) is 41.4 Å². The maximum Gasteiger partial charge on any atom is 0.251 e. The summed E-state index contributed by atoms with van der Waals surface area (Å²) in [4.78, 5) is 23.7. The number of aryl methyl sites for hydroxylation is 2. The monoisotopic (exact) mass is 330 g/mol. The van der Waals surface area contributed by atoms with Gasteiger partial charge in [-0.2, -0.15) is 0 Å². The summed E-state index contributed by atoms with van der Waals surface area (Å²) in [5.41, 5.74) is 3.18. The molecular formula is C18H19ClN2O2. The lowest BCUT2D eigenvalue weighted by atomic mass is 10.1. The number of nitrogens with one attached hydrogen (secondary N) is 2. The van der Waals surface area contributed by atoms with E-state index in [1.807, 2.05) is 25.1 Å². The first-order valence-corrected chi connectivity index (χ1v) is 7.74. The Balaban J connectivity index is 2.01. The molecule has 2 amide bonds. The molecule has 0 saturated heterocycles. The second-order valence-corrected chi connectivity index (χ2v) is 5.72. The van der Waals surface area contributed by atoms with Crippen molar-refractivity contribution in [3.05, 3.63) is 64.2 Å². The van der Waals surface area contributed by atoms with Crippen LogP contribution in [-0.2, 0) is 11.2 Å². The molecule has 0 aliphatic carbocycles. The Morgan fingerprint density at radius 2 is 1.91 bits per heavy atom. The van der Waals surface area contributed by atoms with Crippen molar-refractivity contribution >= 4 is 29.1 Å². The van der Waals surface area contributed by atoms with Crippen LogP contribution < -0.4 is 10.6 Å². The molecule has 5 heteroatoms. The second kappa shape index (κ2) is 7.79. The lowest BCUT2D eigenvalue weighted by Crippen LogP contribution is -2.18. The Bertz CT molecular complexity index is 729. The molecule has 0 heterocycles. The molecule has 2 N–H and O–H groups in total. The quantitative estimate of drug-likeness (QED) is 0.880. The predicted molar refractivity (Wildman–Crippen MR) is 93.0 cm³/mol. The average Bonchev–Trinajstić information content (AvgIpc) is 2.54. The molecule has 0 atom stereocenters. The molecule has 0 radical (unpaired) electrons. The van der Waals surface area contributed by atoms with Crippen molar-refractivity contribution in [2.45, 2.75) is 19.8 Å². The molecule has 0 aliphatic rings. The fourth-order valence-electron chi connectivity index (χ4n) is 2.24. The molecule has 0 aromatic heterocycles. The van der Waals surface area contributed by atoms with Gasteiger partial charge < -0.3 is 10.6 Å². The zero-order valence-electron chi connectivity index (χ0n) is 13.2. The predicted octanol–water partition coefficient (Wildman–Crippen LogP) is 3.58. The van der Waals surface area contributed by atoms with E-state index in [9.17, 15) is 9.59 Å². The molecule has 23 heavy (non-hydrogen) atoms. The second-order valence-electron chi connectivity index (χ2n) is 5.31. The summed E-state index contributed by atoms with van der Waals surface area (Å²) in [5, 5.41) is 5.71. The summed E-state index contributed by atoms with van der Waals surface area (Å²) in [6.07, 6.45) is 1.00. The Morgan fingerprint density at radius 1 is 1.13 bits per heavy atom. The van der Waals surface area contributed by atoms with Crippen molar-refractivity contribution in [3.63, 3.8) is 0 Å². The highest BCUT2D eigenvalue weighted by atomic mass is 35.5. The van der Waals surface area contributed by atoms with Crippen molar-refractivity contribution in [2.75, 3.05) is 12.4 Å². The molecule has 2 aromatic rings. The molecule has 0 bridgehead atoms. The van der Waals surface area contributed by atoms with Crippen LogP contribution in [0.1, 0.15) is 27.9 Å². The van der Waals surface area contributed by atoms with Crippen molar-refractivity contribution in [3.8, 4) is 0 Å². The van der Waals surface area contributed by atoms with Crippen LogP contribution in [0.25, 0.3) is 0 Å². The topological polar surface area (TPSA) is 58.2 Å². The fourth-order valence-corrected chi connectivity index (χ4v) is 2.41. The summed E-state index contributed by atoms with van der Waals surface area (Å²) in [7, 11) is 1.55.